The zero-order valence-electron chi connectivity index (χ0n) is 15.8. The molecule has 0 bridgehead atoms. The number of hydrogen-bond acceptors (Lipinski definition) is 5. The van der Waals surface area contributed by atoms with Crippen molar-refractivity contribution in [2.24, 2.45) is 5.73 Å². The van der Waals surface area contributed by atoms with Crippen LogP contribution in [0.3, 0.4) is 0 Å². The third-order valence-electron chi connectivity index (χ3n) is 4.45. The van der Waals surface area contributed by atoms with Crippen molar-refractivity contribution in [3.8, 4) is 17.1 Å². The van der Waals surface area contributed by atoms with Crippen molar-refractivity contribution in [3.05, 3.63) is 59.8 Å². The van der Waals surface area contributed by atoms with E-state index < -0.39 is 17.2 Å². The Kier molecular flexibility index (Phi) is 5.47. The maximum atomic E-state index is 12.1. The molecule has 0 saturated carbocycles. The second-order valence-electron chi connectivity index (χ2n) is 6.48. The third kappa shape index (κ3) is 3.89. The summed E-state index contributed by atoms with van der Waals surface area (Å²) < 4.78 is 1.85. The molecular weight excluding hydrogens is 424 g/mol. The molecule has 4 rings (SSSR count). The molecule has 3 amide bonds. The number of para-hydroxylation sites is 1. The summed E-state index contributed by atoms with van der Waals surface area (Å²) in [6.45, 7) is 1.66. The Balaban J connectivity index is 1.81. The highest BCUT2D eigenvalue weighted by atomic mass is 35.5. The number of benzene rings is 2. The summed E-state index contributed by atoms with van der Waals surface area (Å²) in [5.41, 5.74) is 7.68. The van der Waals surface area contributed by atoms with Crippen molar-refractivity contribution < 1.29 is 9.59 Å². The van der Waals surface area contributed by atoms with E-state index in [-0.39, 0.29) is 0 Å². The van der Waals surface area contributed by atoms with Crippen molar-refractivity contribution in [1.29, 1.82) is 0 Å². The number of primary amides is 1. The van der Waals surface area contributed by atoms with E-state index >= 15 is 0 Å². The van der Waals surface area contributed by atoms with E-state index in [1.54, 1.807) is 19.1 Å². The quantitative estimate of drug-likeness (QED) is 0.408. The Bertz CT molecular complexity index is 1230. The topological polar surface area (TPSA) is 119 Å². The first-order valence-electron chi connectivity index (χ1n) is 8.99. The summed E-state index contributed by atoms with van der Waals surface area (Å²) in [5, 5.41) is 12.3. The van der Waals surface area contributed by atoms with Crippen molar-refractivity contribution in [2.45, 2.75) is 17.3 Å². The molecule has 0 spiro atoms. The standard InChI is InChI=1S/C20H17ClN6O2S/c1-11(18(28)24-19(22)29)30-20-26-25-17(27(20)13-8-6-12(21)7-9-13)15-10-23-16-5-3-2-4-14(15)16/h2-11,23H,1H3,(H3,22,24,28,29)/t11-/m0/s1. The summed E-state index contributed by atoms with van der Waals surface area (Å²) in [7, 11) is 0. The molecule has 0 aliphatic rings. The summed E-state index contributed by atoms with van der Waals surface area (Å²) in [6.07, 6.45) is 1.87. The highest BCUT2D eigenvalue weighted by Crippen LogP contribution is 2.33. The number of urea groups is 1. The molecule has 1 atom stereocenters. The molecule has 30 heavy (non-hydrogen) atoms. The molecule has 0 fully saturated rings. The Morgan fingerprint density at radius 2 is 1.90 bits per heavy atom. The van der Waals surface area contributed by atoms with Crippen LogP contribution >= 0.6 is 23.4 Å². The van der Waals surface area contributed by atoms with Gasteiger partial charge in [0.25, 0.3) is 0 Å². The van der Waals surface area contributed by atoms with Gasteiger partial charge in [-0.25, -0.2) is 4.79 Å². The fourth-order valence-electron chi connectivity index (χ4n) is 3.03. The molecule has 2 aromatic carbocycles. The zero-order valence-corrected chi connectivity index (χ0v) is 17.4. The van der Waals surface area contributed by atoms with Gasteiger partial charge >= 0.3 is 6.03 Å². The number of carbonyl (C=O) groups excluding carboxylic acids is 2. The number of H-pyrrole nitrogens is 1. The van der Waals surface area contributed by atoms with E-state index in [2.05, 4.69) is 20.5 Å². The summed E-state index contributed by atoms with van der Waals surface area (Å²) in [4.78, 5) is 26.4. The molecule has 0 radical (unpaired) electrons. The first-order chi connectivity index (χ1) is 14.4. The van der Waals surface area contributed by atoms with E-state index in [1.807, 2.05) is 47.2 Å². The Hall–Kier alpha value is -3.30. The van der Waals surface area contributed by atoms with E-state index in [0.717, 1.165) is 22.2 Å². The lowest BCUT2D eigenvalue weighted by molar-refractivity contribution is -0.119. The molecule has 0 aliphatic heterocycles. The number of imide groups is 1. The second-order valence-corrected chi connectivity index (χ2v) is 8.22. The van der Waals surface area contributed by atoms with Crippen molar-refractivity contribution in [3.63, 3.8) is 0 Å². The number of nitrogens with one attached hydrogen (secondary N) is 2. The van der Waals surface area contributed by atoms with Gasteiger partial charge in [0.15, 0.2) is 11.0 Å². The van der Waals surface area contributed by atoms with Crippen LogP contribution in [0.2, 0.25) is 5.02 Å². The second kappa shape index (κ2) is 8.21. The SMILES string of the molecule is C[C@H](Sc1nnc(-c2c[nH]c3ccccc23)n1-c1ccc(Cl)cc1)C(=O)NC(N)=O. The van der Waals surface area contributed by atoms with Gasteiger partial charge in [-0.15, -0.1) is 10.2 Å². The Morgan fingerprint density at radius 3 is 2.63 bits per heavy atom. The number of thioether (sulfide) groups is 1. The van der Waals surface area contributed by atoms with Gasteiger partial charge in [0.05, 0.1) is 5.25 Å². The summed E-state index contributed by atoms with van der Waals surface area (Å²) in [5.74, 6) is 0.103. The molecular formula is C20H17ClN6O2S. The average molecular weight is 441 g/mol. The first-order valence-corrected chi connectivity index (χ1v) is 10.2. The fourth-order valence-corrected chi connectivity index (χ4v) is 4.03. The lowest BCUT2D eigenvalue weighted by Crippen LogP contribution is -2.39. The normalized spacial score (nSPS) is 12.1. The molecule has 8 nitrogen and oxygen atoms in total. The van der Waals surface area contributed by atoms with E-state index in [4.69, 9.17) is 17.3 Å². The molecule has 4 aromatic rings. The van der Waals surface area contributed by atoms with Gasteiger partial charge in [0.2, 0.25) is 5.91 Å². The monoisotopic (exact) mass is 440 g/mol. The average Bonchev–Trinajstić information content (AvgIpc) is 3.32. The van der Waals surface area contributed by atoms with Gasteiger partial charge in [-0.1, -0.05) is 41.6 Å². The van der Waals surface area contributed by atoms with Gasteiger partial charge in [0.1, 0.15) is 0 Å². The van der Waals surface area contributed by atoms with Crippen LogP contribution in [-0.2, 0) is 4.79 Å². The van der Waals surface area contributed by atoms with E-state index in [1.165, 1.54) is 11.8 Å². The molecule has 152 valence electrons. The number of carbonyl (C=O) groups is 2. The van der Waals surface area contributed by atoms with E-state index in [9.17, 15) is 9.59 Å². The smallest absolute Gasteiger partial charge is 0.318 e. The number of aromatic nitrogens is 4. The molecule has 0 unspecified atom stereocenters. The van der Waals surface area contributed by atoms with Crippen LogP contribution in [0.5, 0.6) is 0 Å². The van der Waals surface area contributed by atoms with Crippen LogP contribution in [0.1, 0.15) is 6.92 Å². The molecule has 4 N–H and O–H groups in total. The number of hydrogen-bond donors (Lipinski definition) is 3. The minimum Gasteiger partial charge on any atom is -0.360 e. The van der Waals surface area contributed by atoms with Crippen molar-refractivity contribution >= 4 is 46.2 Å². The fraction of sp³-hybridized carbons (Fsp3) is 0.100. The van der Waals surface area contributed by atoms with Crippen LogP contribution in [0, 0.1) is 0 Å². The minimum absolute atomic E-state index is 0.490. The van der Waals surface area contributed by atoms with Gasteiger partial charge in [-0.2, -0.15) is 0 Å². The van der Waals surface area contributed by atoms with E-state index in [0.29, 0.717) is 16.0 Å². The van der Waals surface area contributed by atoms with Crippen LogP contribution in [0.25, 0.3) is 28.0 Å². The molecule has 10 heteroatoms. The number of aromatic amines is 1. The number of fused-ring (bicyclic) bond motifs is 1. The third-order valence-corrected chi connectivity index (χ3v) is 5.74. The molecule has 2 aromatic heterocycles. The molecule has 0 aliphatic carbocycles. The lowest BCUT2D eigenvalue weighted by Gasteiger charge is -2.13. The number of rotatable bonds is 5. The Morgan fingerprint density at radius 1 is 1.17 bits per heavy atom. The molecule has 2 heterocycles. The van der Waals surface area contributed by atoms with Crippen LogP contribution in [0.4, 0.5) is 4.79 Å². The number of amides is 3. The van der Waals surface area contributed by atoms with Gasteiger partial charge in [-0.05, 0) is 37.3 Å². The minimum atomic E-state index is -0.897. The predicted molar refractivity (Wildman–Crippen MR) is 117 cm³/mol. The molecule has 0 saturated heterocycles. The number of nitrogens with zero attached hydrogens (tertiary/aromatic N) is 3. The van der Waals surface area contributed by atoms with Crippen molar-refractivity contribution in [1.82, 2.24) is 25.1 Å². The van der Waals surface area contributed by atoms with Crippen LogP contribution < -0.4 is 11.1 Å². The van der Waals surface area contributed by atoms with Crippen LogP contribution in [0.15, 0.2) is 59.9 Å². The zero-order chi connectivity index (χ0) is 21.3. The Labute approximate surface area is 180 Å². The summed E-state index contributed by atoms with van der Waals surface area (Å²) >= 11 is 7.23. The van der Waals surface area contributed by atoms with Gasteiger partial charge < -0.3 is 10.7 Å². The predicted octanol–water partition coefficient (Wildman–Crippen LogP) is 3.74. The number of halogens is 1. The summed E-state index contributed by atoms with van der Waals surface area (Å²) in [6, 6.07) is 14.2. The lowest BCUT2D eigenvalue weighted by atomic mass is 10.1. The van der Waals surface area contributed by atoms with Crippen molar-refractivity contribution in [2.75, 3.05) is 0 Å². The highest BCUT2D eigenvalue weighted by molar-refractivity contribution is 8.00. The largest absolute Gasteiger partial charge is 0.360 e. The first kappa shape index (κ1) is 20.0. The maximum Gasteiger partial charge on any atom is 0.318 e. The number of nitrogens with two attached hydrogens (primary N) is 1. The maximum absolute atomic E-state index is 12.1. The van der Waals surface area contributed by atoms with Crippen LogP contribution in [-0.4, -0.2) is 36.9 Å². The van der Waals surface area contributed by atoms with Gasteiger partial charge in [0, 0.05) is 33.4 Å². The van der Waals surface area contributed by atoms with Gasteiger partial charge in [-0.3, -0.25) is 14.7 Å². The highest BCUT2D eigenvalue weighted by Gasteiger charge is 2.23.